The first-order chi connectivity index (χ1) is 5.54. The normalized spacial score (nSPS) is 12.5. The van der Waals surface area contributed by atoms with Crippen molar-refractivity contribution in [1.82, 2.24) is 0 Å². The monoisotopic (exact) mass is 170 g/mol. The van der Waals surface area contributed by atoms with Gasteiger partial charge in [0.05, 0.1) is 0 Å². The molecule has 0 N–H and O–H groups in total. The van der Waals surface area contributed by atoms with Gasteiger partial charge in [-0.3, -0.25) is 0 Å². The number of hydrogen-bond acceptors (Lipinski definition) is 0. The van der Waals surface area contributed by atoms with E-state index >= 15 is 0 Å². The van der Waals surface area contributed by atoms with E-state index in [-0.39, 0.29) is 0 Å². The maximum Gasteiger partial charge on any atom is -0.0324 e. The molecule has 0 fully saturated rings. The van der Waals surface area contributed by atoms with Crippen molar-refractivity contribution in [3.8, 4) is 0 Å². The van der Waals surface area contributed by atoms with Crippen LogP contribution in [0.4, 0.5) is 0 Å². The second kappa shape index (κ2) is 5.61. The lowest BCUT2D eigenvalue weighted by atomic mass is 9.75. The minimum absolute atomic E-state index is 0.623. The lowest BCUT2D eigenvalue weighted by Gasteiger charge is -2.30. The van der Waals surface area contributed by atoms with E-state index in [0.717, 1.165) is 5.92 Å². The van der Waals surface area contributed by atoms with Crippen LogP contribution in [0.3, 0.4) is 0 Å². The molecule has 0 rings (SSSR count). The third-order valence-corrected chi connectivity index (χ3v) is 2.61. The lowest BCUT2D eigenvalue weighted by Crippen LogP contribution is -2.18. The molecule has 0 atom stereocenters. The molecule has 74 valence electrons. The van der Waals surface area contributed by atoms with Crippen molar-refractivity contribution in [2.24, 2.45) is 11.3 Å². The first kappa shape index (κ1) is 12.0. The SMILES string of the molecule is CCCC(C)(CCC)CC(C)C. The minimum Gasteiger partial charge on any atom is -0.0654 e. The lowest BCUT2D eigenvalue weighted by molar-refractivity contribution is 0.213. The van der Waals surface area contributed by atoms with Crippen molar-refractivity contribution in [3.63, 3.8) is 0 Å². The van der Waals surface area contributed by atoms with Crippen LogP contribution in [0.1, 0.15) is 66.7 Å². The average Bonchev–Trinajstić information content (AvgIpc) is 1.85. The fourth-order valence-corrected chi connectivity index (χ4v) is 2.52. The van der Waals surface area contributed by atoms with Gasteiger partial charge in [-0.05, 0) is 30.6 Å². The van der Waals surface area contributed by atoms with E-state index in [1.54, 1.807) is 0 Å². The second-order valence-corrected chi connectivity index (χ2v) is 4.91. The molecule has 0 radical (unpaired) electrons. The van der Waals surface area contributed by atoms with Crippen LogP contribution in [0.5, 0.6) is 0 Å². The van der Waals surface area contributed by atoms with Gasteiger partial charge in [0, 0.05) is 0 Å². The highest BCUT2D eigenvalue weighted by atomic mass is 14.3. The Labute approximate surface area is 78.8 Å². The van der Waals surface area contributed by atoms with Crippen LogP contribution in [0.25, 0.3) is 0 Å². The molecule has 0 aromatic carbocycles. The smallest absolute Gasteiger partial charge is 0.0324 e. The summed E-state index contributed by atoms with van der Waals surface area (Å²) >= 11 is 0. The molecular weight excluding hydrogens is 144 g/mol. The molecule has 0 aliphatic rings. The molecule has 0 nitrogen and oxygen atoms in total. The molecule has 0 amide bonds. The Kier molecular flexibility index (Phi) is 5.61. The zero-order chi connectivity index (χ0) is 9.61. The quantitative estimate of drug-likeness (QED) is 0.545. The van der Waals surface area contributed by atoms with E-state index in [9.17, 15) is 0 Å². The van der Waals surface area contributed by atoms with Crippen LogP contribution in [0.15, 0.2) is 0 Å². The van der Waals surface area contributed by atoms with Crippen LogP contribution < -0.4 is 0 Å². The minimum atomic E-state index is 0.623. The van der Waals surface area contributed by atoms with Gasteiger partial charge in [-0.1, -0.05) is 47.5 Å². The van der Waals surface area contributed by atoms with Crippen molar-refractivity contribution in [2.45, 2.75) is 66.7 Å². The molecular formula is C12H26. The Balaban J connectivity index is 3.98. The van der Waals surface area contributed by atoms with E-state index in [2.05, 4.69) is 34.6 Å². The first-order valence-corrected chi connectivity index (χ1v) is 5.54. The van der Waals surface area contributed by atoms with Gasteiger partial charge in [-0.25, -0.2) is 0 Å². The van der Waals surface area contributed by atoms with Gasteiger partial charge in [0.15, 0.2) is 0 Å². The molecule has 0 heterocycles. The summed E-state index contributed by atoms with van der Waals surface area (Å²) in [5.41, 5.74) is 0.623. The molecule has 0 saturated carbocycles. The standard InChI is InChI=1S/C12H26/c1-6-8-12(5,9-7-2)10-11(3)4/h11H,6-10H2,1-5H3. The summed E-state index contributed by atoms with van der Waals surface area (Å²) < 4.78 is 0. The van der Waals surface area contributed by atoms with Crippen LogP contribution >= 0.6 is 0 Å². The molecule has 12 heavy (non-hydrogen) atoms. The van der Waals surface area contributed by atoms with Gasteiger partial charge in [0.1, 0.15) is 0 Å². The van der Waals surface area contributed by atoms with Gasteiger partial charge in [0.25, 0.3) is 0 Å². The van der Waals surface area contributed by atoms with Gasteiger partial charge in [-0.15, -0.1) is 0 Å². The Morgan fingerprint density at radius 3 is 1.67 bits per heavy atom. The van der Waals surface area contributed by atoms with Crippen LogP contribution in [0.2, 0.25) is 0 Å². The maximum atomic E-state index is 2.46. The summed E-state index contributed by atoms with van der Waals surface area (Å²) in [6.45, 7) is 11.7. The van der Waals surface area contributed by atoms with Crippen molar-refractivity contribution < 1.29 is 0 Å². The second-order valence-electron chi connectivity index (χ2n) is 4.91. The third-order valence-electron chi connectivity index (χ3n) is 2.61. The van der Waals surface area contributed by atoms with Crippen molar-refractivity contribution in [1.29, 1.82) is 0 Å². The summed E-state index contributed by atoms with van der Waals surface area (Å²) in [7, 11) is 0. The first-order valence-electron chi connectivity index (χ1n) is 5.54. The van der Waals surface area contributed by atoms with E-state index in [1.807, 2.05) is 0 Å². The van der Waals surface area contributed by atoms with Crippen LogP contribution in [0, 0.1) is 11.3 Å². The molecule has 0 spiro atoms. The topological polar surface area (TPSA) is 0 Å². The predicted octanol–water partition coefficient (Wildman–Crippen LogP) is 4.64. The van der Waals surface area contributed by atoms with E-state index in [1.165, 1.54) is 32.1 Å². The average molecular weight is 170 g/mol. The summed E-state index contributed by atoms with van der Waals surface area (Å²) in [5.74, 6) is 0.855. The van der Waals surface area contributed by atoms with Crippen molar-refractivity contribution >= 4 is 0 Å². The highest BCUT2D eigenvalue weighted by molar-refractivity contribution is 4.74. The van der Waals surface area contributed by atoms with Gasteiger partial charge < -0.3 is 0 Å². The Bertz CT molecular complexity index is 96.6. The molecule has 0 heteroatoms. The summed E-state index contributed by atoms with van der Waals surface area (Å²) in [6.07, 6.45) is 6.87. The summed E-state index contributed by atoms with van der Waals surface area (Å²) in [4.78, 5) is 0. The zero-order valence-corrected chi connectivity index (χ0v) is 9.61. The van der Waals surface area contributed by atoms with Gasteiger partial charge >= 0.3 is 0 Å². The largest absolute Gasteiger partial charge is 0.0654 e. The highest BCUT2D eigenvalue weighted by Crippen LogP contribution is 2.35. The Hall–Kier alpha value is 0. The molecule has 0 aromatic rings. The fraction of sp³-hybridized carbons (Fsp3) is 1.00. The zero-order valence-electron chi connectivity index (χ0n) is 9.61. The summed E-state index contributed by atoms with van der Waals surface area (Å²) in [6, 6.07) is 0. The summed E-state index contributed by atoms with van der Waals surface area (Å²) in [5, 5.41) is 0. The molecule has 0 aromatic heterocycles. The number of hydrogen-bond donors (Lipinski definition) is 0. The van der Waals surface area contributed by atoms with Gasteiger partial charge in [0.2, 0.25) is 0 Å². The van der Waals surface area contributed by atoms with Crippen molar-refractivity contribution in [3.05, 3.63) is 0 Å². The molecule has 0 bridgehead atoms. The molecule has 0 saturated heterocycles. The Morgan fingerprint density at radius 2 is 1.42 bits per heavy atom. The fourth-order valence-electron chi connectivity index (χ4n) is 2.52. The van der Waals surface area contributed by atoms with Crippen molar-refractivity contribution in [2.75, 3.05) is 0 Å². The third kappa shape index (κ3) is 4.79. The van der Waals surface area contributed by atoms with E-state index in [0.29, 0.717) is 5.41 Å². The number of rotatable bonds is 6. The predicted molar refractivity (Wildman–Crippen MR) is 57.4 cm³/mol. The molecule has 0 aliphatic carbocycles. The highest BCUT2D eigenvalue weighted by Gasteiger charge is 2.22. The maximum absolute atomic E-state index is 2.46. The van der Waals surface area contributed by atoms with Crippen LogP contribution in [-0.4, -0.2) is 0 Å². The van der Waals surface area contributed by atoms with E-state index < -0.39 is 0 Å². The molecule has 0 aliphatic heterocycles. The van der Waals surface area contributed by atoms with Gasteiger partial charge in [-0.2, -0.15) is 0 Å². The molecule has 0 unspecified atom stereocenters. The van der Waals surface area contributed by atoms with Crippen LogP contribution in [-0.2, 0) is 0 Å². The Morgan fingerprint density at radius 1 is 1.00 bits per heavy atom. The van der Waals surface area contributed by atoms with E-state index in [4.69, 9.17) is 0 Å².